The number of aryl methyl sites for hydroxylation is 1. The van der Waals surface area contributed by atoms with E-state index in [0.717, 1.165) is 17.8 Å². The predicted octanol–water partition coefficient (Wildman–Crippen LogP) is 3.94. The molecule has 0 aliphatic heterocycles. The zero-order valence-corrected chi connectivity index (χ0v) is 16.4. The van der Waals surface area contributed by atoms with Crippen LogP contribution in [-0.4, -0.2) is 24.7 Å². The Balaban J connectivity index is 1.57. The summed E-state index contributed by atoms with van der Waals surface area (Å²) in [6.07, 6.45) is 3.62. The molecule has 2 N–H and O–H groups in total. The molecule has 3 rings (SSSR count). The Morgan fingerprint density at radius 1 is 1.19 bits per heavy atom. The van der Waals surface area contributed by atoms with Gasteiger partial charge in [-0.2, -0.15) is 10.2 Å². The van der Waals surface area contributed by atoms with Crippen molar-refractivity contribution in [3.8, 4) is 0 Å². The van der Waals surface area contributed by atoms with Crippen LogP contribution in [0.3, 0.4) is 0 Å². The van der Waals surface area contributed by atoms with Crippen LogP contribution >= 0.6 is 35.4 Å². The molecule has 0 radical (unpaired) electrons. The van der Waals surface area contributed by atoms with Crippen molar-refractivity contribution >= 4 is 46.4 Å². The van der Waals surface area contributed by atoms with E-state index in [1.54, 1.807) is 10.9 Å². The second kappa shape index (κ2) is 8.53. The lowest BCUT2D eigenvalue weighted by Gasteiger charge is -2.10. The van der Waals surface area contributed by atoms with E-state index in [9.17, 15) is 0 Å². The fourth-order valence-corrected chi connectivity index (χ4v) is 3.18. The standard InChI is InChI=1S/C17H18Cl2N6S/c1-2-25-12(6-8-21-25)10-20-17(26)22-16-7-9-24(23-16)11-13-14(18)4-3-5-15(13)19/h3-9H,2,10-11H2,1H3,(H2,20,22,23,26). The molecule has 0 amide bonds. The maximum Gasteiger partial charge on any atom is 0.172 e. The Bertz CT molecular complexity index is 884. The number of hydrogen-bond donors (Lipinski definition) is 2. The van der Waals surface area contributed by atoms with Crippen LogP contribution in [0.1, 0.15) is 18.2 Å². The highest BCUT2D eigenvalue weighted by molar-refractivity contribution is 7.80. The van der Waals surface area contributed by atoms with Crippen LogP contribution in [0, 0.1) is 0 Å². The van der Waals surface area contributed by atoms with Crippen molar-refractivity contribution in [2.45, 2.75) is 26.6 Å². The zero-order valence-electron chi connectivity index (χ0n) is 14.1. The highest BCUT2D eigenvalue weighted by Gasteiger charge is 2.08. The minimum atomic E-state index is 0.482. The number of nitrogens with one attached hydrogen (secondary N) is 2. The Labute approximate surface area is 167 Å². The van der Waals surface area contributed by atoms with Crippen LogP contribution in [0.2, 0.25) is 10.0 Å². The molecule has 0 unspecified atom stereocenters. The topological polar surface area (TPSA) is 59.7 Å². The monoisotopic (exact) mass is 408 g/mol. The molecular formula is C17H18Cl2N6S. The van der Waals surface area contributed by atoms with E-state index in [-0.39, 0.29) is 0 Å². The molecule has 0 atom stereocenters. The molecular weight excluding hydrogens is 391 g/mol. The fraction of sp³-hybridized carbons (Fsp3) is 0.235. The second-order valence-corrected chi connectivity index (χ2v) is 6.77. The Morgan fingerprint density at radius 2 is 1.96 bits per heavy atom. The minimum Gasteiger partial charge on any atom is -0.357 e. The van der Waals surface area contributed by atoms with Crippen LogP contribution in [0.5, 0.6) is 0 Å². The molecule has 6 nitrogen and oxygen atoms in total. The summed E-state index contributed by atoms with van der Waals surface area (Å²) in [7, 11) is 0. The Kier molecular flexibility index (Phi) is 6.13. The normalized spacial score (nSPS) is 10.7. The molecule has 2 heterocycles. The van der Waals surface area contributed by atoms with Gasteiger partial charge >= 0.3 is 0 Å². The van der Waals surface area contributed by atoms with Crippen molar-refractivity contribution in [3.05, 3.63) is 64.0 Å². The van der Waals surface area contributed by atoms with E-state index >= 15 is 0 Å². The third-order valence-corrected chi connectivity index (χ3v) is 4.75. The van der Waals surface area contributed by atoms with Crippen molar-refractivity contribution in [1.82, 2.24) is 24.9 Å². The molecule has 0 saturated carbocycles. The molecule has 0 aliphatic carbocycles. The summed E-state index contributed by atoms with van der Waals surface area (Å²) >= 11 is 17.7. The van der Waals surface area contributed by atoms with Crippen LogP contribution < -0.4 is 10.6 Å². The van der Waals surface area contributed by atoms with E-state index in [0.29, 0.717) is 34.1 Å². The fourth-order valence-electron chi connectivity index (χ4n) is 2.49. The molecule has 136 valence electrons. The number of rotatable bonds is 6. The average molecular weight is 409 g/mol. The van der Waals surface area contributed by atoms with Gasteiger partial charge in [0.2, 0.25) is 0 Å². The molecule has 0 fully saturated rings. The zero-order chi connectivity index (χ0) is 18.5. The first-order valence-corrected chi connectivity index (χ1v) is 9.25. The number of nitrogens with zero attached hydrogens (tertiary/aromatic N) is 4. The summed E-state index contributed by atoms with van der Waals surface area (Å²) in [5.41, 5.74) is 1.90. The van der Waals surface area contributed by atoms with Gasteiger partial charge in [0.25, 0.3) is 0 Å². The summed E-state index contributed by atoms with van der Waals surface area (Å²) < 4.78 is 3.67. The van der Waals surface area contributed by atoms with Crippen molar-refractivity contribution < 1.29 is 0 Å². The summed E-state index contributed by atoms with van der Waals surface area (Å²) in [6.45, 7) is 3.94. The number of halogens is 2. The van der Waals surface area contributed by atoms with Crippen molar-refractivity contribution in [1.29, 1.82) is 0 Å². The van der Waals surface area contributed by atoms with Gasteiger partial charge in [-0.15, -0.1) is 0 Å². The van der Waals surface area contributed by atoms with Gasteiger partial charge in [-0.05, 0) is 37.3 Å². The van der Waals surface area contributed by atoms with Gasteiger partial charge in [0.05, 0.1) is 18.8 Å². The lowest BCUT2D eigenvalue weighted by atomic mass is 10.2. The van der Waals surface area contributed by atoms with Crippen molar-refractivity contribution in [2.24, 2.45) is 0 Å². The van der Waals surface area contributed by atoms with Crippen molar-refractivity contribution in [3.63, 3.8) is 0 Å². The molecule has 0 aliphatic rings. The smallest absolute Gasteiger partial charge is 0.172 e. The summed E-state index contributed by atoms with van der Waals surface area (Å²) in [5, 5.41) is 16.6. The Hall–Kier alpha value is -2.09. The quantitative estimate of drug-likeness (QED) is 0.604. The first-order valence-electron chi connectivity index (χ1n) is 8.08. The SMILES string of the molecule is CCn1nccc1CNC(=S)Nc1ccn(Cc2c(Cl)cccc2Cl)n1. The van der Waals surface area contributed by atoms with E-state index in [1.807, 2.05) is 48.1 Å². The number of aromatic nitrogens is 4. The predicted molar refractivity (Wildman–Crippen MR) is 109 cm³/mol. The molecule has 3 aromatic rings. The van der Waals surface area contributed by atoms with E-state index in [2.05, 4.69) is 20.8 Å². The maximum absolute atomic E-state index is 6.21. The third kappa shape index (κ3) is 4.55. The number of hydrogen-bond acceptors (Lipinski definition) is 3. The Morgan fingerprint density at radius 3 is 2.69 bits per heavy atom. The lowest BCUT2D eigenvalue weighted by Crippen LogP contribution is -2.29. The molecule has 1 aromatic carbocycles. The first kappa shape index (κ1) is 18.7. The van der Waals surface area contributed by atoms with Gasteiger partial charge in [-0.3, -0.25) is 9.36 Å². The van der Waals surface area contributed by atoms with Crippen LogP contribution in [0.15, 0.2) is 42.7 Å². The first-order chi connectivity index (χ1) is 12.6. The second-order valence-electron chi connectivity index (χ2n) is 5.54. The molecule has 0 spiro atoms. The van der Waals surface area contributed by atoms with E-state index in [4.69, 9.17) is 35.4 Å². The van der Waals surface area contributed by atoms with Crippen LogP contribution in [0.4, 0.5) is 5.82 Å². The van der Waals surface area contributed by atoms with Crippen LogP contribution in [-0.2, 0) is 19.6 Å². The molecule has 26 heavy (non-hydrogen) atoms. The van der Waals surface area contributed by atoms with Crippen molar-refractivity contribution in [2.75, 3.05) is 5.32 Å². The van der Waals surface area contributed by atoms with Gasteiger partial charge in [0.15, 0.2) is 10.9 Å². The summed E-state index contributed by atoms with van der Waals surface area (Å²) in [4.78, 5) is 0. The highest BCUT2D eigenvalue weighted by Crippen LogP contribution is 2.25. The number of thiocarbonyl (C=S) groups is 1. The number of anilines is 1. The highest BCUT2D eigenvalue weighted by atomic mass is 35.5. The van der Waals surface area contributed by atoms with Crippen LogP contribution in [0.25, 0.3) is 0 Å². The van der Waals surface area contributed by atoms with Gasteiger partial charge in [0.1, 0.15) is 0 Å². The largest absolute Gasteiger partial charge is 0.357 e. The molecule has 2 aromatic heterocycles. The van der Waals surface area contributed by atoms with Gasteiger partial charge < -0.3 is 10.6 Å². The maximum atomic E-state index is 6.21. The lowest BCUT2D eigenvalue weighted by molar-refractivity contribution is 0.614. The van der Waals surface area contributed by atoms with E-state index in [1.165, 1.54) is 0 Å². The van der Waals surface area contributed by atoms with Gasteiger partial charge in [-0.1, -0.05) is 29.3 Å². The van der Waals surface area contributed by atoms with Gasteiger partial charge in [0, 0.05) is 40.6 Å². The number of benzene rings is 1. The molecule has 0 bridgehead atoms. The minimum absolute atomic E-state index is 0.482. The van der Waals surface area contributed by atoms with E-state index < -0.39 is 0 Å². The van der Waals surface area contributed by atoms with Gasteiger partial charge in [-0.25, -0.2) is 0 Å². The average Bonchev–Trinajstić information content (AvgIpc) is 3.25. The molecule has 0 saturated heterocycles. The summed E-state index contributed by atoms with van der Waals surface area (Å²) in [5.74, 6) is 0.648. The summed E-state index contributed by atoms with van der Waals surface area (Å²) in [6, 6.07) is 9.24. The third-order valence-electron chi connectivity index (χ3n) is 3.80. The molecule has 9 heteroatoms.